The van der Waals surface area contributed by atoms with Gasteiger partial charge in [-0.15, -0.1) is 0 Å². The van der Waals surface area contributed by atoms with E-state index in [9.17, 15) is 10.1 Å². The normalized spacial score (nSPS) is 21.8. The fourth-order valence-corrected chi connectivity index (χ4v) is 3.38. The molecule has 0 radical (unpaired) electrons. The lowest BCUT2D eigenvalue weighted by Crippen LogP contribution is -2.43. The molecule has 0 saturated carbocycles. The van der Waals surface area contributed by atoms with E-state index in [1.807, 2.05) is 12.3 Å². The van der Waals surface area contributed by atoms with Crippen LogP contribution < -0.4 is 4.90 Å². The predicted octanol–water partition coefficient (Wildman–Crippen LogP) is 3.33. The van der Waals surface area contributed by atoms with Gasteiger partial charge in [0.1, 0.15) is 18.1 Å². The van der Waals surface area contributed by atoms with E-state index in [4.69, 9.17) is 4.74 Å². The van der Waals surface area contributed by atoms with Crippen LogP contribution in [0.3, 0.4) is 0 Å². The van der Waals surface area contributed by atoms with E-state index in [1.165, 1.54) is 11.8 Å². The van der Waals surface area contributed by atoms with E-state index in [0.717, 1.165) is 12.4 Å². The minimum atomic E-state index is -0.401. The van der Waals surface area contributed by atoms with Gasteiger partial charge in [0.2, 0.25) is 0 Å². The molecule has 1 saturated heterocycles. The van der Waals surface area contributed by atoms with Crippen LogP contribution in [0.25, 0.3) is 0 Å². The highest BCUT2D eigenvalue weighted by Gasteiger charge is 2.28. The summed E-state index contributed by atoms with van der Waals surface area (Å²) in [6.45, 7) is 5.20. The highest BCUT2D eigenvalue weighted by Crippen LogP contribution is 2.30. The van der Waals surface area contributed by atoms with Gasteiger partial charge in [-0.05, 0) is 42.3 Å². The average Bonchev–Trinajstić information content (AvgIpc) is 3.00. The molecule has 2 aromatic heterocycles. The molecule has 3 heterocycles. The quantitative estimate of drug-likeness (QED) is 0.641. The summed E-state index contributed by atoms with van der Waals surface area (Å²) >= 11 is 1.65. The van der Waals surface area contributed by atoms with E-state index in [0.29, 0.717) is 12.1 Å². The Hall–Kier alpha value is -1.99. The molecule has 6 nitrogen and oxygen atoms in total. The van der Waals surface area contributed by atoms with Gasteiger partial charge in [0.25, 0.3) is 5.69 Å². The van der Waals surface area contributed by atoms with Gasteiger partial charge in [-0.2, -0.15) is 11.3 Å². The molecule has 1 aliphatic heterocycles. The number of nitrogens with zero attached hydrogens (tertiary/aromatic N) is 3. The first kappa shape index (κ1) is 14.9. The molecule has 0 aromatic carbocycles. The smallest absolute Gasteiger partial charge is 0.290 e. The number of hydrogen-bond acceptors (Lipinski definition) is 6. The fourth-order valence-electron chi connectivity index (χ4n) is 2.68. The molecule has 3 rings (SSSR count). The third-order valence-corrected chi connectivity index (χ3v) is 4.47. The Morgan fingerprint density at radius 2 is 2.32 bits per heavy atom. The number of anilines is 1. The van der Waals surface area contributed by atoms with Gasteiger partial charge < -0.3 is 9.64 Å². The Labute approximate surface area is 132 Å². The molecule has 0 amide bonds. The summed E-state index contributed by atoms with van der Waals surface area (Å²) in [6, 6.07) is 3.85. The topological polar surface area (TPSA) is 68.5 Å². The third-order valence-electron chi connectivity index (χ3n) is 3.76. The molecule has 0 aliphatic carbocycles. The van der Waals surface area contributed by atoms with E-state index in [2.05, 4.69) is 21.3 Å². The first-order valence-electron chi connectivity index (χ1n) is 7.08. The zero-order valence-corrected chi connectivity index (χ0v) is 13.2. The Bertz CT molecular complexity index is 675. The van der Waals surface area contributed by atoms with Gasteiger partial charge >= 0.3 is 0 Å². The third kappa shape index (κ3) is 2.95. The molecule has 0 bridgehead atoms. The zero-order chi connectivity index (χ0) is 15.7. The Kier molecular flexibility index (Phi) is 4.08. The number of nitro groups is 1. The Morgan fingerprint density at radius 1 is 1.50 bits per heavy atom. The van der Waals surface area contributed by atoms with Crippen LogP contribution in [-0.4, -0.2) is 29.1 Å². The van der Waals surface area contributed by atoms with Gasteiger partial charge in [0, 0.05) is 18.7 Å². The summed E-state index contributed by atoms with van der Waals surface area (Å²) in [7, 11) is 0. The summed E-state index contributed by atoms with van der Waals surface area (Å²) in [5, 5.41) is 15.0. The lowest BCUT2D eigenvalue weighted by atomic mass is 10.1. The summed E-state index contributed by atoms with van der Waals surface area (Å²) < 4.78 is 6.00. The largest absolute Gasteiger partial charge is 0.367 e. The number of ether oxygens (including phenoxy) is 1. The van der Waals surface area contributed by atoms with Crippen molar-refractivity contribution in [3.63, 3.8) is 0 Å². The second-order valence-corrected chi connectivity index (χ2v) is 6.26. The van der Waals surface area contributed by atoms with E-state index in [-0.39, 0.29) is 17.9 Å². The van der Waals surface area contributed by atoms with Gasteiger partial charge in [-0.3, -0.25) is 10.1 Å². The monoisotopic (exact) mass is 319 g/mol. The van der Waals surface area contributed by atoms with E-state index >= 15 is 0 Å². The van der Waals surface area contributed by atoms with Gasteiger partial charge in [-0.25, -0.2) is 4.98 Å². The molecule has 116 valence electrons. The second-order valence-electron chi connectivity index (χ2n) is 5.48. The number of pyridine rings is 1. The number of morpholine rings is 1. The summed E-state index contributed by atoms with van der Waals surface area (Å²) in [4.78, 5) is 16.9. The summed E-state index contributed by atoms with van der Waals surface area (Å²) in [6.07, 6.45) is 1.42. The molecule has 0 spiro atoms. The van der Waals surface area contributed by atoms with Crippen LogP contribution in [0.1, 0.15) is 24.2 Å². The highest BCUT2D eigenvalue weighted by atomic mass is 32.1. The van der Waals surface area contributed by atoms with Crippen molar-refractivity contribution < 1.29 is 9.66 Å². The van der Waals surface area contributed by atoms with E-state index < -0.39 is 4.92 Å². The minimum absolute atomic E-state index is 0.00676. The molecule has 0 N–H and O–H groups in total. The van der Waals surface area contributed by atoms with Gasteiger partial charge in [-0.1, -0.05) is 0 Å². The van der Waals surface area contributed by atoms with Crippen molar-refractivity contribution in [3.05, 3.63) is 50.3 Å². The lowest BCUT2D eigenvalue weighted by molar-refractivity contribution is -0.385. The molecule has 1 fully saturated rings. The summed E-state index contributed by atoms with van der Waals surface area (Å²) in [5.74, 6) is 0.762. The minimum Gasteiger partial charge on any atom is -0.367 e. The van der Waals surface area contributed by atoms with Gasteiger partial charge in [0.15, 0.2) is 0 Å². The fraction of sp³-hybridized carbons (Fsp3) is 0.400. The second kappa shape index (κ2) is 6.02. The molecule has 2 aromatic rings. The van der Waals surface area contributed by atoms with Crippen molar-refractivity contribution in [2.75, 3.05) is 18.0 Å². The maximum atomic E-state index is 10.9. The molecule has 22 heavy (non-hydrogen) atoms. The van der Waals surface area contributed by atoms with Crippen LogP contribution >= 0.6 is 11.3 Å². The number of aromatic nitrogens is 1. The molecule has 0 unspecified atom stereocenters. The van der Waals surface area contributed by atoms with Crippen molar-refractivity contribution in [2.45, 2.75) is 26.1 Å². The standard InChI is InChI=1S/C15H17N3O3S/c1-10-5-15(16-6-13(10)18(19)20)17-7-11(2)21-14(8-17)12-3-4-22-9-12/h3-6,9,11,14H,7-8H2,1-2H3/t11-,14+/m1/s1. The van der Waals surface area contributed by atoms with E-state index in [1.54, 1.807) is 24.3 Å². The molecule has 1 aliphatic rings. The van der Waals surface area contributed by atoms with Crippen molar-refractivity contribution in [2.24, 2.45) is 0 Å². The Morgan fingerprint density at radius 3 is 2.95 bits per heavy atom. The predicted molar refractivity (Wildman–Crippen MR) is 85.4 cm³/mol. The average molecular weight is 319 g/mol. The van der Waals surface area contributed by atoms with Crippen LogP contribution in [0.15, 0.2) is 29.1 Å². The molecule has 7 heteroatoms. The number of thiophene rings is 1. The maximum absolute atomic E-state index is 10.9. The van der Waals surface area contributed by atoms with Crippen LogP contribution in [0.5, 0.6) is 0 Å². The number of rotatable bonds is 3. The lowest BCUT2D eigenvalue weighted by Gasteiger charge is -2.37. The Balaban J connectivity index is 1.84. The van der Waals surface area contributed by atoms with Crippen LogP contribution in [0.4, 0.5) is 11.5 Å². The van der Waals surface area contributed by atoms with Gasteiger partial charge in [0.05, 0.1) is 11.0 Å². The van der Waals surface area contributed by atoms with Crippen LogP contribution in [0, 0.1) is 17.0 Å². The maximum Gasteiger partial charge on any atom is 0.290 e. The van der Waals surface area contributed by atoms with Crippen molar-refractivity contribution >= 4 is 22.8 Å². The highest BCUT2D eigenvalue weighted by molar-refractivity contribution is 7.07. The zero-order valence-electron chi connectivity index (χ0n) is 12.4. The SMILES string of the molecule is Cc1cc(N2C[C@@H](C)O[C@H](c3ccsc3)C2)ncc1[N+](=O)[O-]. The first-order valence-corrected chi connectivity index (χ1v) is 8.02. The number of hydrogen-bond donors (Lipinski definition) is 0. The first-order chi connectivity index (χ1) is 10.5. The molecule has 2 atom stereocenters. The van der Waals surface area contributed by atoms with Crippen molar-refractivity contribution in [1.29, 1.82) is 0 Å². The molecular weight excluding hydrogens is 302 g/mol. The summed E-state index contributed by atoms with van der Waals surface area (Å²) in [5.41, 5.74) is 1.85. The van der Waals surface area contributed by atoms with Crippen LogP contribution in [-0.2, 0) is 4.74 Å². The van der Waals surface area contributed by atoms with Crippen molar-refractivity contribution in [3.8, 4) is 0 Å². The van der Waals surface area contributed by atoms with Crippen LogP contribution in [0.2, 0.25) is 0 Å². The molecular formula is C15H17N3O3S. The number of aryl methyl sites for hydroxylation is 1. The van der Waals surface area contributed by atoms with Crippen molar-refractivity contribution in [1.82, 2.24) is 4.98 Å².